The molecule has 1 aromatic carbocycles. The minimum absolute atomic E-state index is 0.227. The summed E-state index contributed by atoms with van der Waals surface area (Å²) in [5.74, 6) is 0.807. The van der Waals surface area contributed by atoms with Crippen LogP contribution in [0.1, 0.15) is 12.8 Å². The van der Waals surface area contributed by atoms with Crippen molar-refractivity contribution in [2.75, 3.05) is 18.0 Å². The van der Waals surface area contributed by atoms with Crippen molar-refractivity contribution in [1.82, 2.24) is 14.5 Å². The van der Waals surface area contributed by atoms with Crippen molar-refractivity contribution in [3.05, 3.63) is 48.0 Å². The van der Waals surface area contributed by atoms with Crippen LogP contribution < -0.4 is 10.6 Å². The van der Waals surface area contributed by atoms with E-state index >= 15 is 0 Å². The van der Waals surface area contributed by atoms with Crippen LogP contribution >= 0.6 is 11.6 Å². The molecular formula is C18H18ClN5O2. The highest BCUT2D eigenvalue weighted by Gasteiger charge is 2.24. The van der Waals surface area contributed by atoms with Crippen molar-refractivity contribution in [1.29, 1.82) is 0 Å². The molecule has 1 atom stereocenters. The summed E-state index contributed by atoms with van der Waals surface area (Å²) in [5, 5.41) is 1.62. The molecular weight excluding hydrogens is 354 g/mol. The van der Waals surface area contributed by atoms with Gasteiger partial charge >= 0.3 is 6.09 Å². The average molecular weight is 372 g/mol. The fourth-order valence-electron chi connectivity index (χ4n) is 3.35. The standard InChI is InChI=1S/C18H18ClN5O2/c19-12-3-4-14-15(8-12)22-17(9-16(14)24-7-5-21-11-24)23-6-1-2-13(10-23)26-18(20)25/h3-5,7-9,11,13H,1-2,6,10H2,(H2,20,25). The molecule has 3 aromatic rings. The molecule has 0 radical (unpaired) electrons. The van der Waals surface area contributed by atoms with Crippen molar-refractivity contribution in [3.8, 4) is 5.69 Å². The molecule has 4 rings (SSSR count). The van der Waals surface area contributed by atoms with Gasteiger partial charge in [-0.15, -0.1) is 0 Å². The molecule has 0 aliphatic carbocycles. The second kappa shape index (κ2) is 6.84. The highest BCUT2D eigenvalue weighted by molar-refractivity contribution is 6.31. The Bertz CT molecular complexity index is 944. The summed E-state index contributed by atoms with van der Waals surface area (Å²) < 4.78 is 7.13. The third-order valence-electron chi connectivity index (χ3n) is 4.50. The maximum Gasteiger partial charge on any atom is 0.404 e. The van der Waals surface area contributed by atoms with Crippen LogP contribution in [0.3, 0.4) is 0 Å². The van der Waals surface area contributed by atoms with Gasteiger partial charge in [0.25, 0.3) is 0 Å². The number of primary amides is 1. The van der Waals surface area contributed by atoms with Crippen LogP contribution in [-0.2, 0) is 4.74 Å². The first-order chi connectivity index (χ1) is 12.6. The van der Waals surface area contributed by atoms with E-state index in [4.69, 9.17) is 27.1 Å². The number of hydrogen-bond donors (Lipinski definition) is 1. The predicted octanol–water partition coefficient (Wildman–Crippen LogP) is 3.14. The third-order valence-corrected chi connectivity index (χ3v) is 4.74. The van der Waals surface area contributed by atoms with Crippen molar-refractivity contribution in [2.45, 2.75) is 18.9 Å². The average Bonchev–Trinajstić information content (AvgIpc) is 3.14. The first-order valence-electron chi connectivity index (χ1n) is 8.40. The second-order valence-electron chi connectivity index (χ2n) is 6.28. The lowest BCUT2D eigenvalue weighted by molar-refractivity contribution is 0.0964. The van der Waals surface area contributed by atoms with Crippen LogP contribution in [0.5, 0.6) is 0 Å². The number of amides is 1. The molecule has 1 amide bonds. The topological polar surface area (TPSA) is 86.3 Å². The number of carbonyl (C=O) groups is 1. The van der Waals surface area contributed by atoms with Gasteiger partial charge in [0, 0.05) is 35.4 Å². The van der Waals surface area contributed by atoms with E-state index in [9.17, 15) is 4.79 Å². The Labute approximate surface area is 155 Å². The lowest BCUT2D eigenvalue weighted by atomic mass is 10.1. The van der Waals surface area contributed by atoms with Crippen molar-refractivity contribution in [2.24, 2.45) is 5.73 Å². The summed E-state index contributed by atoms with van der Waals surface area (Å²) >= 11 is 6.17. The molecule has 8 heteroatoms. The fraction of sp³-hybridized carbons (Fsp3) is 0.278. The van der Waals surface area contributed by atoms with Crippen LogP contribution in [0.15, 0.2) is 43.0 Å². The number of benzene rings is 1. The summed E-state index contributed by atoms with van der Waals surface area (Å²) in [4.78, 5) is 22.1. The van der Waals surface area contributed by atoms with E-state index in [2.05, 4.69) is 9.88 Å². The highest BCUT2D eigenvalue weighted by atomic mass is 35.5. The molecule has 0 spiro atoms. The zero-order valence-electron chi connectivity index (χ0n) is 14.0. The van der Waals surface area contributed by atoms with Gasteiger partial charge < -0.3 is 19.9 Å². The van der Waals surface area contributed by atoms with E-state index in [1.165, 1.54) is 0 Å². The van der Waals surface area contributed by atoms with Gasteiger partial charge in [-0.05, 0) is 31.0 Å². The molecule has 1 saturated heterocycles. The van der Waals surface area contributed by atoms with E-state index < -0.39 is 6.09 Å². The number of nitrogens with two attached hydrogens (primary N) is 1. The Hall–Kier alpha value is -2.80. The molecule has 3 heterocycles. The van der Waals surface area contributed by atoms with Gasteiger partial charge in [-0.2, -0.15) is 0 Å². The van der Waals surface area contributed by atoms with E-state index in [1.807, 2.05) is 35.0 Å². The summed E-state index contributed by atoms with van der Waals surface area (Å²) in [5.41, 5.74) is 6.94. The number of nitrogens with zero attached hydrogens (tertiary/aromatic N) is 4. The number of pyridine rings is 1. The van der Waals surface area contributed by atoms with Crippen LogP contribution in [0.2, 0.25) is 5.02 Å². The number of rotatable bonds is 3. The van der Waals surface area contributed by atoms with Gasteiger partial charge in [-0.3, -0.25) is 0 Å². The number of imidazole rings is 1. The molecule has 2 aromatic heterocycles. The molecule has 1 aliphatic heterocycles. The van der Waals surface area contributed by atoms with Crippen LogP contribution in [-0.4, -0.2) is 39.8 Å². The van der Waals surface area contributed by atoms with Gasteiger partial charge in [0.05, 0.1) is 24.1 Å². The maximum atomic E-state index is 11.1. The zero-order valence-corrected chi connectivity index (χ0v) is 14.8. The fourth-order valence-corrected chi connectivity index (χ4v) is 3.52. The molecule has 134 valence electrons. The number of ether oxygens (including phenoxy) is 1. The maximum absolute atomic E-state index is 11.1. The SMILES string of the molecule is NC(=O)OC1CCCN(c2cc(-n3ccnc3)c3ccc(Cl)cc3n2)C1. The van der Waals surface area contributed by atoms with Gasteiger partial charge in [-0.1, -0.05) is 11.6 Å². The molecule has 1 aliphatic rings. The van der Waals surface area contributed by atoms with Gasteiger partial charge in [0.2, 0.25) is 0 Å². The molecule has 1 fully saturated rings. The molecule has 2 N–H and O–H groups in total. The normalized spacial score (nSPS) is 17.4. The second-order valence-corrected chi connectivity index (χ2v) is 6.71. The van der Waals surface area contributed by atoms with Crippen molar-refractivity contribution < 1.29 is 9.53 Å². The number of hydrogen-bond acceptors (Lipinski definition) is 5. The molecule has 26 heavy (non-hydrogen) atoms. The third kappa shape index (κ3) is 3.30. The molecule has 0 saturated carbocycles. The zero-order chi connectivity index (χ0) is 18.1. The van der Waals surface area contributed by atoms with Crippen LogP contribution in [0.25, 0.3) is 16.6 Å². The van der Waals surface area contributed by atoms with Gasteiger partial charge in [-0.25, -0.2) is 14.8 Å². The van der Waals surface area contributed by atoms with Crippen molar-refractivity contribution >= 4 is 34.4 Å². The summed E-state index contributed by atoms with van der Waals surface area (Å²) in [7, 11) is 0. The Balaban J connectivity index is 1.76. The number of piperidine rings is 1. The number of fused-ring (bicyclic) bond motifs is 1. The Morgan fingerprint density at radius 3 is 3.00 bits per heavy atom. The van der Waals surface area contributed by atoms with Crippen molar-refractivity contribution in [3.63, 3.8) is 0 Å². The quantitative estimate of drug-likeness (QED) is 0.764. The minimum atomic E-state index is -0.741. The number of carbonyl (C=O) groups excluding carboxylic acids is 1. The van der Waals surface area contributed by atoms with Crippen LogP contribution in [0.4, 0.5) is 10.6 Å². The first-order valence-corrected chi connectivity index (χ1v) is 8.77. The van der Waals surface area contributed by atoms with E-state index in [1.54, 1.807) is 12.5 Å². The molecule has 1 unspecified atom stereocenters. The number of anilines is 1. The Kier molecular flexibility index (Phi) is 4.38. The Morgan fingerprint density at radius 1 is 1.35 bits per heavy atom. The lowest BCUT2D eigenvalue weighted by Crippen LogP contribution is -2.41. The Morgan fingerprint density at radius 2 is 2.23 bits per heavy atom. The van der Waals surface area contributed by atoms with Crippen LogP contribution in [0, 0.1) is 0 Å². The van der Waals surface area contributed by atoms with E-state index in [0.29, 0.717) is 11.6 Å². The monoisotopic (exact) mass is 371 g/mol. The summed E-state index contributed by atoms with van der Waals surface area (Å²) in [6.45, 7) is 1.40. The van der Waals surface area contributed by atoms with Gasteiger partial charge in [0.1, 0.15) is 11.9 Å². The first kappa shape index (κ1) is 16.7. The number of aromatic nitrogens is 3. The highest BCUT2D eigenvalue weighted by Crippen LogP contribution is 2.29. The van der Waals surface area contributed by atoms with E-state index in [-0.39, 0.29) is 6.10 Å². The minimum Gasteiger partial charge on any atom is -0.445 e. The van der Waals surface area contributed by atoms with Gasteiger partial charge in [0.15, 0.2) is 0 Å². The number of halogens is 1. The summed E-state index contributed by atoms with van der Waals surface area (Å²) in [6, 6.07) is 7.68. The smallest absolute Gasteiger partial charge is 0.404 e. The lowest BCUT2D eigenvalue weighted by Gasteiger charge is -2.33. The summed E-state index contributed by atoms with van der Waals surface area (Å²) in [6.07, 6.45) is 6.11. The largest absolute Gasteiger partial charge is 0.445 e. The van der Waals surface area contributed by atoms with E-state index in [0.717, 1.165) is 41.8 Å². The molecule has 7 nitrogen and oxygen atoms in total. The molecule has 0 bridgehead atoms. The predicted molar refractivity (Wildman–Crippen MR) is 99.8 cm³/mol.